The van der Waals surface area contributed by atoms with Crippen molar-refractivity contribution in [2.24, 2.45) is 0 Å². The van der Waals surface area contributed by atoms with Crippen LogP contribution in [0, 0.1) is 0 Å². The Labute approximate surface area is 150 Å². The second-order valence-corrected chi connectivity index (χ2v) is 6.80. The van der Waals surface area contributed by atoms with E-state index in [1.165, 1.54) is 0 Å². The Balaban J connectivity index is 1.58. The smallest absolute Gasteiger partial charge is 0.273 e. The molecule has 1 fully saturated rings. The Morgan fingerprint density at radius 1 is 1.48 bits per heavy atom. The van der Waals surface area contributed by atoms with Gasteiger partial charge in [-0.25, -0.2) is 4.98 Å². The van der Waals surface area contributed by atoms with Gasteiger partial charge in [-0.2, -0.15) is 4.98 Å². The van der Waals surface area contributed by atoms with Crippen LogP contribution in [0.4, 0.5) is 0 Å². The van der Waals surface area contributed by atoms with Crippen LogP contribution in [0.2, 0.25) is 0 Å². The molecule has 0 spiro atoms. The van der Waals surface area contributed by atoms with Crippen LogP contribution >= 0.6 is 11.3 Å². The monoisotopic (exact) mass is 366 g/mol. The molecule has 0 N–H and O–H groups in total. The lowest BCUT2D eigenvalue weighted by Gasteiger charge is -2.32. The topological polar surface area (TPSA) is 90.6 Å². The zero-order chi connectivity index (χ0) is 17.6. The molecular weight excluding hydrogens is 344 g/mol. The van der Waals surface area contributed by atoms with Crippen LogP contribution < -0.4 is 0 Å². The third-order valence-electron chi connectivity index (χ3n) is 3.85. The maximum absolute atomic E-state index is 12.7. The van der Waals surface area contributed by atoms with E-state index in [4.69, 9.17) is 14.0 Å². The van der Waals surface area contributed by atoms with E-state index >= 15 is 0 Å². The summed E-state index contributed by atoms with van der Waals surface area (Å²) in [5, 5.41) is 6.68. The van der Waals surface area contributed by atoms with Crippen molar-refractivity contribution in [1.29, 1.82) is 0 Å². The zero-order valence-electron chi connectivity index (χ0n) is 14.4. The Bertz CT molecular complexity index is 702. The lowest BCUT2D eigenvalue weighted by molar-refractivity contribution is -0.0239. The minimum atomic E-state index is -0.165. The predicted octanol–water partition coefficient (Wildman–Crippen LogP) is 1.71. The number of thiazole rings is 1. The maximum Gasteiger partial charge on any atom is 0.273 e. The molecule has 0 radical (unpaired) electrons. The summed E-state index contributed by atoms with van der Waals surface area (Å²) in [4.78, 5) is 23.1. The highest BCUT2D eigenvalue weighted by molar-refractivity contribution is 7.09. The lowest BCUT2D eigenvalue weighted by atomic mass is 10.2. The first kappa shape index (κ1) is 18.0. The highest BCUT2D eigenvalue weighted by Crippen LogP contribution is 2.17. The number of methoxy groups -OCH3 is 1. The molecule has 25 heavy (non-hydrogen) atoms. The van der Waals surface area contributed by atoms with Gasteiger partial charge in [-0.1, -0.05) is 12.1 Å². The van der Waals surface area contributed by atoms with Gasteiger partial charge in [0.25, 0.3) is 5.91 Å². The van der Waals surface area contributed by atoms with E-state index in [1.54, 1.807) is 23.3 Å². The first-order valence-corrected chi connectivity index (χ1v) is 9.23. The van der Waals surface area contributed by atoms with E-state index in [0.29, 0.717) is 50.1 Å². The van der Waals surface area contributed by atoms with Crippen LogP contribution in [-0.4, -0.2) is 58.8 Å². The van der Waals surface area contributed by atoms with Crippen molar-refractivity contribution in [3.8, 4) is 0 Å². The van der Waals surface area contributed by atoms with Crippen LogP contribution in [0.5, 0.6) is 0 Å². The highest BCUT2D eigenvalue weighted by atomic mass is 32.1. The maximum atomic E-state index is 12.7. The molecule has 136 valence electrons. The molecule has 2 aromatic heterocycles. The molecule has 3 rings (SSSR count). The predicted molar refractivity (Wildman–Crippen MR) is 90.5 cm³/mol. The van der Waals surface area contributed by atoms with E-state index < -0.39 is 0 Å². The van der Waals surface area contributed by atoms with Gasteiger partial charge in [0, 0.05) is 25.6 Å². The molecule has 3 heterocycles. The van der Waals surface area contributed by atoms with Crippen molar-refractivity contribution in [3.05, 3.63) is 27.8 Å². The second-order valence-electron chi connectivity index (χ2n) is 5.86. The average Bonchev–Trinajstić information content (AvgIpc) is 3.25. The van der Waals surface area contributed by atoms with Crippen LogP contribution in [0.15, 0.2) is 9.90 Å². The molecule has 0 aliphatic carbocycles. The average molecular weight is 366 g/mol. The number of rotatable bonds is 7. The highest BCUT2D eigenvalue weighted by Gasteiger charge is 2.28. The molecule has 1 amide bonds. The Hall–Kier alpha value is -1.84. The Morgan fingerprint density at radius 2 is 2.36 bits per heavy atom. The standard InChI is InChI=1S/C16H22N4O4S/c1-3-4-15-17-12(10-25-15)16(21)20-5-6-23-11(8-20)7-14-18-13(9-22-2)19-24-14/h10-11H,3-9H2,1-2H3/t11-/m0/s1. The fourth-order valence-electron chi connectivity index (χ4n) is 2.68. The molecule has 0 unspecified atom stereocenters. The first-order chi connectivity index (χ1) is 12.2. The summed E-state index contributed by atoms with van der Waals surface area (Å²) < 4.78 is 15.9. The molecule has 1 atom stereocenters. The molecule has 9 heteroatoms. The number of hydrogen-bond donors (Lipinski definition) is 0. The molecule has 2 aromatic rings. The normalized spacial score (nSPS) is 17.8. The quantitative estimate of drug-likeness (QED) is 0.737. The van der Waals surface area contributed by atoms with Gasteiger partial charge in [0.15, 0.2) is 5.82 Å². The van der Waals surface area contributed by atoms with Gasteiger partial charge in [0.05, 0.1) is 24.1 Å². The Kier molecular flexibility index (Phi) is 6.11. The fraction of sp³-hybridized carbons (Fsp3) is 0.625. The molecule has 0 saturated carbocycles. The van der Waals surface area contributed by atoms with E-state index in [0.717, 1.165) is 17.8 Å². The van der Waals surface area contributed by atoms with E-state index in [9.17, 15) is 4.79 Å². The van der Waals surface area contributed by atoms with E-state index in [-0.39, 0.29) is 12.0 Å². The van der Waals surface area contributed by atoms with Crippen molar-refractivity contribution in [2.45, 2.75) is 38.9 Å². The third-order valence-corrected chi connectivity index (χ3v) is 4.76. The SMILES string of the molecule is CCCc1nc(C(=O)N2CCO[C@@H](Cc3nc(COC)no3)C2)cs1. The molecule has 1 saturated heterocycles. The molecule has 8 nitrogen and oxygen atoms in total. The molecule has 1 aliphatic heterocycles. The first-order valence-electron chi connectivity index (χ1n) is 8.35. The fourth-order valence-corrected chi connectivity index (χ4v) is 3.56. The summed E-state index contributed by atoms with van der Waals surface area (Å²) in [5.74, 6) is 0.954. The third kappa shape index (κ3) is 4.62. The minimum absolute atomic E-state index is 0.0440. The van der Waals surface area contributed by atoms with Crippen LogP contribution in [0.3, 0.4) is 0 Å². The number of ether oxygens (including phenoxy) is 2. The van der Waals surface area contributed by atoms with E-state index in [1.807, 2.05) is 5.38 Å². The van der Waals surface area contributed by atoms with Crippen LogP contribution in [0.1, 0.15) is 40.6 Å². The summed E-state index contributed by atoms with van der Waals surface area (Å²) in [7, 11) is 1.58. The Morgan fingerprint density at radius 3 is 3.16 bits per heavy atom. The largest absolute Gasteiger partial charge is 0.377 e. The van der Waals surface area contributed by atoms with Gasteiger partial charge in [-0.15, -0.1) is 11.3 Å². The van der Waals surface area contributed by atoms with Crippen molar-refractivity contribution in [2.75, 3.05) is 26.8 Å². The van der Waals surface area contributed by atoms with Gasteiger partial charge in [-0.3, -0.25) is 4.79 Å². The van der Waals surface area contributed by atoms with Crippen molar-refractivity contribution in [1.82, 2.24) is 20.0 Å². The number of amides is 1. The molecular formula is C16H22N4O4S. The van der Waals surface area contributed by atoms with Crippen molar-refractivity contribution < 1.29 is 18.8 Å². The van der Waals surface area contributed by atoms with Gasteiger partial charge in [-0.05, 0) is 12.8 Å². The summed E-state index contributed by atoms with van der Waals surface area (Å²) in [6, 6.07) is 0. The number of nitrogens with zero attached hydrogens (tertiary/aromatic N) is 4. The minimum Gasteiger partial charge on any atom is -0.377 e. The molecule has 0 aromatic carbocycles. The lowest BCUT2D eigenvalue weighted by Crippen LogP contribution is -2.46. The summed E-state index contributed by atoms with van der Waals surface area (Å²) in [5.41, 5.74) is 0.522. The second kappa shape index (κ2) is 8.50. The number of aryl methyl sites for hydroxylation is 1. The van der Waals surface area contributed by atoms with Crippen LogP contribution in [-0.2, 0) is 28.9 Å². The van der Waals surface area contributed by atoms with Crippen molar-refractivity contribution in [3.63, 3.8) is 0 Å². The number of morpholine rings is 1. The number of carbonyl (C=O) groups is 1. The number of carbonyl (C=O) groups excluding carboxylic acids is 1. The number of aromatic nitrogens is 3. The van der Waals surface area contributed by atoms with Crippen LogP contribution in [0.25, 0.3) is 0 Å². The molecule has 0 bridgehead atoms. The van der Waals surface area contributed by atoms with Gasteiger partial charge >= 0.3 is 0 Å². The zero-order valence-corrected chi connectivity index (χ0v) is 15.3. The van der Waals surface area contributed by atoms with Crippen molar-refractivity contribution >= 4 is 17.2 Å². The van der Waals surface area contributed by atoms with Gasteiger partial charge in [0.1, 0.15) is 12.3 Å². The summed E-state index contributed by atoms with van der Waals surface area (Å²) in [6.45, 7) is 3.95. The molecule has 1 aliphatic rings. The summed E-state index contributed by atoms with van der Waals surface area (Å²) >= 11 is 1.54. The van der Waals surface area contributed by atoms with Gasteiger partial charge in [0.2, 0.25) is 5.89 Å². The number of hydrogen-bond acceptors (Lipinski definition) is 8. The van der Waals surface area contributed by atoms with Gasteiger partial charge < -0.3 is 18.9 Å². The van der Waals surface area contributed by atoms with E-state index in [2.05, 4.69) is 22.0 Å². The summed E-state index contributed by atoms with van der Waals surface area (Å²) in [6.07, 6.45) is 2.24.